The number of benzene rings is 3. The highest BCUT2D eigenvalue weighted by Gasteiger charge is 2.36. The molecule has 0 aromatic heterocycles. The van der Waals surface area contributed by atoms with Crippen molar-refractivity contribution in [1.82, 2.24) is 5.32 Å². The molecule has 5 nitrogen and oxygen atoms in total. The van der Waals surface area contributed by atoms with E-state index in [2.05, 4.69) is 5.32 Å². The van der Waals surface area contributed by atoms with Gasteiger partial charge < -0.3 is 15.0 Å². The molecule has 0 saturated carbocycles. The predicted molar refractivity (Wildman–Crippen MR) is 115 cm³/mol. The zero-order valence-corrected chi connectivity index (χ0v) is 16.8. The van der Waals surface area contributed by atoms with Crippen LogP contribution in [0.3, 0.4) is 0 Å². The fourth-order valence-corrected chi connectivity index (χ4v) is 4.28. The first kappa shape index (κ1) is 18.7. The summed E-state index contributed by atoms with van der Waals surface area (Å²) in [6, 6.07) is 22.0. The van der Waals surface area contributed by atoms with Crippen LogP contribution in [0.25, 0.3) is 0 Å². The van der Waals surface area contributed by atoms with Gasteiger partial charge in [0.2, 0.25) is 11.8 Å². The molecule has 1 saturated heterocycles. The van der Waals surface area contributed by atoms with Crippen molar-refractivity contribution in [2.75, 3.05) is 11.4 Å². The number of hydrogen-bond donors (Lipinski definition) is 1. The van der Waals surface area contributed by atoms with Gasteiger partial charge in [-0.25, -0.2) is 0 Å². The summed E-state index contributed by atoms with van der Waals surface area (Å²) in [5, 5.41) is 3.71. The highest BCUT2D eigenvalue weighted by atomic mass is 35.5. The maximum atomic E-state index is 13.4. The lowest BCUT2D eigenvalue weighted by Crippen LogP contribution is -2.40. The van der Waals surface area contributed by atoms with E-state index in [1.807, 2.05) is 60.7 Å². The Morgan fingerprint density at radius 1 is 0.933 bits per heavy atom. The lowest BCUT2D eigenvalue weighted by molar-refractivity contribution is -0.122. The molecular weight excluding hydrogens is 400 g/mol. The maximum Gasteiger partial charge on any atom is 0.232 e. The van der Waals surface area contributed by atoms with Gasteiger partial charge in [-0.3, -0.25) is 9.59 Å². The van der Waals surface area contributed by atoms with E-state index >= 15 is 0 Å². The zero-order valence-electron chi connectivity index (χ0n) is 16.0. The first-order chi connectivity index (χ1) is 14.6. The molecule has 6 heteroatoms. The second kappa shape index (κ2) is 7.50. The van der Waals surface area contributed by atoms with Crippen LogP contribution >= 0.6 is 11.6 Å². The summed E-state index contributed by atoms with van der Waals surface area (Å²) in [5.41, 5.74) is 2.43. The quantitative estimate of drug-likeness (QED) is 0.681. The monoisotopic (exact) mass is 418 g/mol. The molecule has 150 valence electrons. The summed E-state index contributed by atoms with van der Waals surface area (Å²) in [7, 11) is 0. The minimum atomic E-state index is -0.481. The third kappa shape index (κ3) is 3.31. The number of amides is 2. The number of nitrogens with one attached hydrogen (secondary N) is 1. The Hall–Kier alpha value is -3.31. The van der Waals surface area contributed by atoms with E-state index in [0.717, 1.165) is 16.8 Å². The van der Waals surface area contributed by atoms with Gasteiger partial charge in [0.25, 0.3) is 0 Å². The van der Waals surface area contributed by atoms with Gasteiger partial charge in [0.15, 0.2) is 0 Å². The lowest BCUT2D eigenvalue weighted by atomic mass is 9.87. The summed E-state index contributed by atoms with van der Waals surface area (Å²) in [6.45, 7) is 0.429. The van der Waals surface area contributed by atoms with Gasteiger partial charge >= 0.3 is 0 Å². The van der Waals surface area contributed by atoms with Crippen molar-refractivity contribution < 1.29 is 14.3 Å². The summed E-state index contributed by atoms with van der Waals surface area (Å²) in [5.74, 6) is 0.735. The number of halogens is 1. The number of nitrogens with zero attached hydrogens (tertiary/aromatic N) is 1. The van der Waals surface area contributed by atoms with Crippen molar-refractivity contribution in [3.63, 3.8) is 0 Å². The van der Waals surface area contributed by atoms with E-state index in [0.29, 0.717) is 23.1 Å². The number of rotatable bonds is 3. The Bertz CT molecular complexity index is 1080. The van der Waals surface area contributed by atoms with E-state index in [1.165, 1.54) is 0 Å². The van der Waals surface area contributed by atoms with Crippen LogP contribution in [0.5, 0.6) is 11.5 Å². The number of hydrogen-bond acceptors (Lipinski definition) is 3. The molecule has 3 aromatic rings. The van der Waals surface area contributed by atoms with Crippen molar-refractivity contribution in [1.29, 1.82) is 0 Å². The van der Waals surface area contributed by atoms with Crippen molar-refractivity contribution >= 4 is 29.1 Å². The average molecular weight is 419 g/mol. The van der Waals surface area contributed by atoms with Crippen molar-refractivity contribution in [2.24, 2.45) is 0 Å². The highest BCUT2D eigenvalue weighted by Crippen LogP contribution is 2.44. The minimum absolute atomic E-state index is 0.0181. The van der Waals surface area contributed by atoms with Crippen molar-refractivity contribution in [3.05, 3.63) is 88.9 Å². The van der Waals surface area contributed by atoms with Gasteiger partial charge in [0.05, 0.1) is 12.0 Å². The SMILES string of the molecule is O=C(NC1CC(=O)N(c2ccc(Cl)cc2)C1)C1c2ccccc2Oc2ccccc21. The van der Waals surface area contributed by atoms with Crippen LogP contribution in [-0.4, -0.2) is 24.4 Å². The van der Waals surface area contributed by atoms with Gasteiger partial charge in [-0.15, -0.1) is 0 Å². The van der Waals surface area contributed by atoms with E-state index in [9.17, 15) is 9.59 Å². The number of ether oxygens (including phenoxy) is 1. The van der Waals surface area contributed by atoms with E-state index in [-0.39, 0.29) is 24.3 Å². The summed E-state index contributed by atoms with van der Waals surface area (Å²) >= 11 is 5.95. The summed E-state index contributed by atoms with van der Waals surface area (Å²) in [6.07, 6.45) is 0.265. The molecule has 1 unspecified atom stereocenters. The van der Waals surface area contributed by atoms with Gasteiger partial charge in [-0.1, -0.05) is 48.0 Å². The molecule has 1 atom stereocenters. The minimum Gasteiger partial charge on any atom is -0.457 e. The van der Waals surface area contributed by atoms with E-state index in [4.69, 9.17) is 16.3 Å². The number of para-hydroxylation sites is 2. The molecule has 5 rings (SSSR count). The topological polar surface area (TPSA) is 58.6 Å². The molecule has 30 heavy (non-hydrogen) atoms. The largest absolute Gasteiger partial charge is 0.457 e. The molecule has 0 radical (unpaired) electrons. The number of fused-ring (bicyclic) bond motifs is 2. The molecule has 0 spiro atoms. The molecule has 0 bridgehead atoms. The van der Waals surface area contributed by atoms with Crippen LogP contribution in [0.4, 0.5) is 5.69 Å². The third-order valence-corrected chi connectivity index (χ3v) is 5.80. The van der Waals surface area contributed by atoms with Crippen molar-refractivity contribution in [3.8, 4) is 11.5 Å². The normalized spacial score (nSPS) is 17.8. The predicted octanol–water partition coefficient (Wildman–Crippen LogP) is 4.50. The van der Waals surface area contributed by atoms with Crippen LogP contribution in [-0.2, 0) is 9.59 Å². The number of carbonyl (C=O) groups is 2. The van der Waals surface area contributed by atoms with Crippen LogP contribution < -0.4 is 15.0 Å². The maximum absolute atomic E-state index is 13.4. The number of anilines is 1. The van der Waals surface area contributed by atoms with Gasteiger partial charge in [-0.2, -0.15) is 0 Å². The first-order valence-electron chi connectivity index (χ1n) is 9.82. The molecule has 2 heterocycles. The lowest BCUT2D eigenvalue weighted by Gasteiger charge is -2.28. The molecule has 1 N–H and O–H groups in total. The fourth-order valence-electron chi connectivity index (χ4n) is 4.15. The number of carbonyl (C=O) groups excluding carboxylic acids is 2. The van der Waals surface area contributed by atoms with Crippen LogP contribution in [0, 0.1) is 0 Å². The Morgan fingerprint density at radius 2 is 1.53 bits per heavy atom. The molecule has 2 amide bonds. The third-order valence-electron chi connectivity index (χ3n) is 5.55. The summed E-state index contributed by atoms with van der Waals surface area (Å²) in [4.78, 5) is 27.6. The van der Waals surface area contributed by atoms with Gasteiger partial charge in [-0.05, 0) is 36.4 Å². The Labute approximate surface area is 179 Å². The highest BCUT2D eigenvalue weighted by molar-refractivity contribution is 6.30. The Morgan fingerprint density at radius 3 is 2.17 bits per heavy atom. The molecule has 2 aliphatic rings. The van der Waals surface area contributed by atoms with Crippen LogP contribution in [0.15, 0.2) is 72.8 Å². The molecular formula is C24H19ClN2O3. The molecule has 1 fully saturated rings. The standard InChI is InChI=1S/C24H19ClN2O3/c25-15-9-11-17(12-10-15)27-14-16(13-22(27)28)26-24(29)23-18-5-1-3-7-20(18)30-21-8-4-2-6-19(21)23/h1-12,16,23H,13-14H2,(H,26,29). The van der Waals surface area contributed by atoms with Crippen molar-refractivity contribution in [2.45, 2.75) is 18.4 Å². The second-order valence-corrected chi connectivity index (χ2v) is 7.94. The molecule has 3 aromatic carbocycles. The first-order valence-corrected chi connectivity index (χ1v) is 10.2. The second-order valence-electron chi connectivity index (χ2n) is 7.50. The van der Waals surface area contributed by atoms with Gasteiger partial charge in [0.1, 0.15) is 11.5 Å². The van der Waals surface area contributed by atoms with Crippen LogP contribution in [0.1, 0.15) is 23.5 Å². The molecule has 2 aliphatic heterocycles. The van der Waals surface area contributed by atoms with Crippen LogP contribution in [0.2, 0.25) is 5.02 Å². The zero-order chi connectivity index (χ0) is 20.7. The fraction of sp³-hybridized carbons (Fsp3) is 0.167. The van der Waals surface area contributed by atoms with E-state index in [1.54, 1.807) is 17.0 Å². The summed E-state index contributed by atoms with van der Waals surface area (Å²) < 4.78 is 5.98. The Balaban J connectivity index is 1.39. The van der Waals surface area contributed by atoms with Gasteiger partial charge in [0, 0.05) is 34.8 Å². The molecule has 0 aliphatic carbocycles. The smallest absolute Gasteiger partial charge is 0.232 e. The Kier molecular flexibility index (Phi) is 4.68. The average Bonchev–Trinajstić information content (AvgIpc) is 3.12. The van der Waals surface area contributed by atoms with E-state index < -0.39 is 5.92 Å².